The molecule has 0 heterocycles. The minimum absolute atomic E-state index is 0.311. The Hall–Kier alpha value is -3.33. The number of benzene rings is 2. The van der Waals surface area contributed by atoms with Crippen molar-refractivity contribution in [1.29, 1.82) is 0 Å². The molecule has 8 nitrogen and oxygen atoms in total. The summed E-state index contributed by atoms with van der Waals surface area (Å²) in [5.74, 6) is -0.360. The summed E-state index contributed by atoms with van der Waals surface area (Å²) < 4.78 is 30.0. The van der Waals surface area contributed by atoms with E-state index in [4.69, 9.17) is 4.74 Å². The lowest BCUT2D eigenvalue weighted by molar-refractivity contribution is -0.122. The van der Waals surface area contributed by atoms with E-state index >= 15 is 0 Å². The molecule has 0 aliphatic rings. The highest BCUT2D eigenvalue weighted by molar-refractivity contribution is 7.92. The third-order valence-corrected chi connectivity index (χ3v) is 5.42. The summed E-state index contributed by atoms with van der Waals surface area (Å²) >= 11 is 0. The Kier molecular flexibility index (Phi) is 7.60. The van der Waals surface area contributed by atoms with Gasteiger partial charge in [-0.3, -0.25) is 13.9 Å². The number of ether oxygens (including phenoxy) is 1. The first-order valence-corrected chi connectivity index (χ1v) is 11.0. The molecule has 0 saturated heterocycles. The molecule has 0 aliphatic heterocycles. The van der Waals surface area contributed by atoms with Crippen LogP contribution in [0.4, 0.5) is 11.4 Å². The van der Waals surface area contributed by atoms with Gasteiger partial charge >= 0.3 is 0 Å². The lowest BCUT2D eigenvalue weighted by Crippen LogP contribution is -2.31. The molecule has 2 amide bonds. The molecule has 2 N–H and O–H groups in total. The van der Waals surface area contributed by atoms with Gasteiger partial charge in [-0.25, -0.2) is 8.42 Å². The molecule has 0 saturated carbocycles. The Morgan fingerprint density at radius 1 is 1.17 bits per heavy atom. The summed E-state index contributed by atoms with van der Waals surface area (Å²) in [4.78, 5) is 24.8. The molecule has 2 aromatic carbocycles. The zero-order chi connectivity index (χ0) is 22.3. The molecule has 9 heteroatoms. The van der Waals surface area contributed by atoms with Gasteiger partial charge in [0.25, 0.3) is 11.8 Å². The van der Waals surface area contributed by atoms with Crippen LogP contribution in [0.2, 0.25) is 0 Å². The highest BCUT2D eigenvalue weighted by atomic mass is 32.2. The molecule has 30 heavy (non-hydrogen) atoms. The standard InChI is InChI=1S/C21H25N3O5S/c1-5-14-22-21(26)18-8-6-7-9-19(18)23-20(25)15(2)29-17-12-10-16(11-13-17)24(3)30(4,27)28/h5-13,15H,1,14H2,2-4H3,(H,22,26)(H,23,25)/t15-/m1/s1. The van der Waals surface area contributed by atoms with Gasteiger partial charge < -0.3 is 15.4 Å². The molecule has 0 radical (unpaired) electrons. The summed E-state index contributed by atoms with van der Waals surface area (Å²) in [6.07, 6.45) is 1.82. The van der Waals surface area contributed by atoms with Crippen LogP contribution in [0.15, 0.2) is 61.2 Å². The zero-order valence-corrected chi connectivity index (χ0v) is 17.9. The minimum atomic E-state index is -3.37. The van der Waals surface area contributed by atoms with Gasteiger partial charge in [0.1, 0.15) is 5.75 Å². The number of para-hydroxylation sites is 1. The van der Waals surface area contributed by atoms with E-state index in [1.165, 1.54) is 7.05 Å². The Balaban J connectivity index is 2.05. The van der Waals surface area contributed by atoms with Gasteiger partial charge in [-0.2, -0.15) is 0 Å². The van der Waals surface area contributed by atoms with Gasteiger partial charge in [0, 0.05) is 13.6 Å². The maximum absolute atomic E-state index is 12.5. The predicted octanol–water partition coefficient (Wildman–Crippen LogP) is 2.40. The number of sulfonamides is 1. The first-order valence-electron chi connectivity index (χ1n) is 9.13. The van der Waals surface area contributed by atoms with E-state index in [2.05, 4.69) is 17.2 Å². The van der Waals surface area contributed by atoms with Crippen molar-refractivity contribution in [3.63, 3.8) is 0 Å². The smallest absolute Gasteiger partial charge is 0.265 e. The molecule has 2 rings (SSSR count). The number of amides is 2. The largest absolute Gasteiger partial charge is 0.481 e. The fourth-order valence-corrected chi connectivity index (χ4v) is 2.97. The minimum Gasteiger partial charge on any atom is -0.481 e. The first kappa shape index (κ1) is 23.0. The summed E-state index contributed by atoms with van der Waals surface area (Å²) in [5, 5.41) is 5.37. The molecule has 0 aromatic heterocycles. The van der Waals surface area contributed by atoms with Gasteiger partial charge in [-0.15, -0.1) is 6.58 Å². The molecule has 1 atom stereocenters. The summed E-state index contributed by atoms with van der Waals surface area (Å²) in [6, 6.07) is 13.0. The van der Waals surface area contributed by atoms with Gasteiger partial charge in [0.2, 0.25) is 10.0 Å². The van der Waals surface area contributed by atoms with Crippen LogP contribution in [-0.4, -0.2) is 46.2 Å². The van der Waals surface area contributed by atoms with E-state index in [1.807, 2.05) is 0 Å². The fraction of sp³-hybridized carbons (Fsp3) is 0.238. The second-order valence-electron chi connectivity index (χ2n) is 6.52. The van der Waals surface area contributed by atoms with Crippen molar-refractivity contribution in [1.82, 2.24) is 5.32 Å². The summed E-state index contributed by atoms with van der Waals surface area (Å²) in [5.41, 5.74) is 1.17. The van der Waals surface area contributed by atoms with Crippen molar-refractivity contribution in [3.05, 3.63) is 66.7 Å². The van der Waals surface area contributed by atoms with E-state index in [0.29, 0.717) is 29.2 Å². The molecule has 0 aliphatic carbocycles. The number of anilines is 2. The first-order chi connectivity index (χ1) is 14.1. The number of rotatable bonds is 9. The van der Waals surface area contributed by atoms with Crippen molar-refractivity contribution >= 4 is 33.2 Å². The third-order valence-electron chi connectivity index (χ3n) is 4.22. The van der Waals surface area contributed by atoms with E-state index in [1.54, 1.807) is 61.5 Å². The SMILES string of the molecule is C=CCNC(=O)c1ccccc1NC(=O)[C@@H](C)Oc1ccc(N(C)S(C)(=O)=O)cc1. The van der Waals surface area contributed by atoms with Crippen LogP contribution in [0, 0.1) is 0 Å². The number of nitrogens with zero attached hydrogens (tertiary/aromatic N) is 1. The number of hydrogen-bond donors (Lipinski definition) is 2. The van der Waals surface area contributed by atoms with Crippen LogP contribution < -0.4 is 19.7 Å². The van der Waals surface area contributed by atoms with Crippen LogP contribution in [0.1, 0.15) is 17.3 Å². The van der Waals surface area contributed by atoms with Crippen LogP contribution in [0.3, 0.4) is 0 Å². The van der Waals surface area contributed by atoms with E-state index < -0.39 is 22.0 Å². The second-order valence-corrected chi connectivity index (χ2v) is 8.53. The molecule has 0 fully saturated rings. The maximum Gasteiger partial charge on any atom is 0.265 e. The van der Waals surface area contributed by atoms with Crippen molar-refractivity contribution in [2.24, 2.45) is 0 Å². The normalized spacial score (nSPS) is 11.8. The van der Waals surface area contributed by atoms with Crippen molar-refractivity contribution < 1.29 is 22.7 Å². The Bertz CT molecular complexity index is 1020. The number of nitrogens with one attached hydrogen (secondary N) is 2. The van der Waals surface area contributed by atoms with Gasteiger partial charge in [0.05, 0.1) is 23.2 Å². The third kappa shape index (κ3) is 6.08. The van der Waals surface area contributed by atoms with Gasteiger partial charge in [-0.1, -0.05) is 18.2 Å². The van der Waals surface area contributed by atoms with Crippen LogP contribution in [0.25, 0.3) is 0 Å². The predicted molar refractivity (Wildman–Crippen MR) is 117 cm³/mol. The zero-order valence-electron chi connectivity index (χ0n) is 17.1. The monoisotopic (exact) mass is 431 g/mol. The molecule has 2 aromatic rings. The molecular formula is C21H25N3O5S. The molecule has 160 valence electrons. The Labute approximate surface area is 176 Å². The van der Waals surface area contributed by atoms with Crippen molar-refractivity contribution in [2.45, 2.75) is 13.0 Å². The second kappa shape index (κ2) is 9.93. The highest BCUT2D eigenvalue weighted by Crippen LogP contribution is 2.22. The number of carbonyl (C=O) groups is 2. The topological polar surface area (TPSA) is 105 Å². The lowest BCUT2D eigenvalue weighted by atomic mass is 10.1. The van der Waals surface area contributed by atoms with E-state index in [-0.39, 0.29) is 5.91 Å². The Morgan fingerprint density at radius 3 is 2.40 bits per heavy atom. The lowest BCUT2D eigenvalue weighted by Gasteiger charge is -2.18. The van der Waals surface area contributed by atoms with Crippen molar-refractivity contribution in [2.75, 3.05) is 29.5 Å². The summed E-state index contributed by atoms with van der Waals surface area (Å²) in [6.45, 7) is 5.44. The van der Waals surface area contributed by atoms with Crippen LogP contribution in [-0.2, 0) is 14.8 Å². The highest BCUT2D eigenvalue weighted by Gasteiger charge is 2.19. The van der Waals surface area contributed by atoms with Crippen molar-refractivity contribution in [3.8, 4) is 5.75 Å². The molecular weight excluding hydrogens is 406 g/mol. The van der Waals surface area contributed by atoms with Crippen LogP contribution >= 0.6 is 0 Å². The number of hydrogen-bond acceptors (Lipinski definition) is 5. The average Bonchev–Trinajstić information content (AvgIpc) is 2.71. The quantitative estimate of drug-likeness (QED) is 0.593. The molecule has 0 spiro atoms. The maximum atomic E-state index is 12.5. The van der Waals surface area contributed by atoms with Gasteiger partial charge in [0.15, 0.2) is 6.10 Å². The van der Waals surface area contributed by atoms with Gasteiger partial charge in [-0.05, 0) is 43.3 Å². The fourth-order valence-electron chi connectivity index (χ4n) is 2.47. The Morgan fingerprint density at radius 2 is 1.80 bits per heavy atom. The van der Waals surface area contributed by atoms with E-state index in [0.717, 1.165) is 10.6 Å². The number of carbonyl (C=O) groups excluding carboxylic acids is 2. The summed E-state index contributed by atoms with van der Waals surface area (Å²) in [7, 11) is -1.92. The van der Waals surface area contributed by atoms with Crippen LogP contribution in [0.5, 0.6) is 5.75 Å². The molecule has 0 bridgehead atoms. The molecule has 0 unspecified atom stereocenters. The average molecular weight is 432 g/mol. The van der Waals surface area contributed by atoms with E-state index in [9.17, 15) is 18.0 Å².